The minimum absolute atomic E-state index is 0.0635. The molecule has 0 amide bonds. The molecule has 1 saturated heterocycles. The molecule has 2 spiro atoms. The van der Waals surface area contributed by atoms with Gasteiger partial charge in [0.15, 0.2) is 0 Å². The van der Waals surface area contributed by atoms with Gasteiger partial charge in [0.1, 0.15) is 17.5 Å². The largest absolute Gasteiger partial charge is 0.486 e. The van der Waals surface area contributed by atoms with Crippen LogP contribution in [-0.2, 0) is 34.3 Å². The number of fused-ring (bicyclic) bond motifs is 2. The van der Waals surface area contributed by atoms with Crippen LogP contribution in [0.15, 0.2) is 36.4 Å². The molecule has 5 nitrogen and oxygen atoms in total. The first kappa shape index (κ1) is 24.4. The third-order valence-corrected chi connectivity index (χ3v) is 11.9. The summed E-state index contributed by atoms with van der Waals surface area (Å²) >= 11 is 0. The average molecular weight is 525 g/mol. The highest BCUT2D eigenvalue weighted by Crippen LogP contribution is 2.76. The zero-order chi connectivity index (χ0) is 26.4. The van der Waals surface area contributed by atoms with E-state index in [1.54, 1.807) is 11.1 Å². The second-order valence-corrected chi connectivity index (χ2v) is 13.5. The van der Waals surface area contributed by atoms with E-state index in [0.29, 0.717) is 31.6 Å². The SMILES string of the molecule is COC12CCC3(C[C@@H]1COCc1ccc(CC#N)cc1)[C@H]1Cc4ccc(C)c5c4[C@@]3(CCN1CC1CC1)[C@H]2O5. The molecular formula is C34H40N2O3. The van der Waals surface area contributed by atoms with Gasteiger partial charge in [-0.05, 0) is 86.6 Å². The molecule has 6 atom stereocenters. The zero-order valence-corrected chi connectivity index (χ0v) is 23.4. The van der Waals surface area contributed by atoms with E-state index in [-0.39, 0.29) is 22.5 Å². The lowest BCUT2D eigenvalue weighted by molar-refractivity contribution is -0.283. The summed E-state index contributed by atoms with van der Waals surface area (Å²) in [4.78, 5) is 2.91. The Balaban J connectivity index is 1.15. The lowest BCUT2D eigenvalue weighted by Crippen LogP contribution is -2.81. The summed E-state index contributed by atoms with van der Waals surface area (Å²) in [6.07, 6.45) is 9.15. The van der Waals surface area contributed by atoms with Crippen LogP contribution in [0.4, 0.5) is 0 Å². The fourth-order valence-electron chi connectivity index (χ4n) is 10.1. The van der Waals surface area contributed by atoms with E-state index in [0.717, 1.165) is 29.9 Å². The number of hydrogen-bond acceptors (Lipinski definition) is 5. The molecule has 2 aromatic carbocycles. The lowest BCUT2D eigenvalue weighted by atomic mass is 9.35. The molecule has 7 aliphatic rings. The van der Waals surface area contributed by atoms with E-state index < -0.39 is 0 Å². The number of ether oxygens (including phenoxy) is 3. The Morgan fingerprint density at radius 3 is 2.67 bits per heavy atom. The summed E-state index contributed by atoms with van der Waals surface area (Å²) < 4.78 is 20.3. The average Bonchev–Trinajstić information content (AvgIpc) is 3.69. The van der Waals surface area contributed by atoms with E-state index in [1.807, 2.05) is 19.2 Å². The van der Waals surface area contributed by atoms with E-state index in [4.69, 9.17) is 19.5 Å². The molecule has 2 unspecified atom stereocenters. The number of benzene rings is 2. The van der Waals surface area contributed by atoms with Crippen LogP contribution in [0.2, 0.25) is 0 Å². The Bertz CT molecular complexity index is 1350. The quantitative estimate of drug-likeness (QED) is 0.456. The van der Waals surface area contributed by atoms with Gasteiger partial charge in [-0.15, -0.1) is 0 Å². The van der Waals surface area contributed by atoms with Crippen molar-refractivity contribution in [2.75, 3.05) is 26.8 Å². The van der Waals surface area contributed by atoms with Gasteiger partial charge >= 0.3 is 0 Å². The second kappa shape index (κ2) is 8.56. The number of methoxy groups -OCH3 is 1. The molecule has 5 aliphatic carbocycles. The Labute approximate surface area is 232 Å². The van der Waals surface area contributed by atoms with Crippen LogP contribution >= 0.6 is 0 Å². The molecule has 0 radical (unpaired) electrons. The smallest absolute Gasteiger partial charge is 0.138 e. The molecule has 2 aliphatic heterocycles. The van der Waals surface area contributed by atoms with Gasteiger partial charge in [0.25, 0.3) is 0 Å². The first-order valence-electron chi connectivity index (χ1n) is 15.2. The Hall–Kier alpha value is -2.39. The van der Waals surface area contributed by atoms with Gasteiger partial charge in [0, 0.05) is 42.0 Å². The summed E-state index contributed by atoms with van der Waals surface area (Å²) in [5.74, 6) is 2.40. The van der Waals surface area contributed by atoms with Crippen molar-refractivity contribution in [1.82, 2.24) is 4.90 Å². The molecule has 5 heteroatoms. The highest BCUT2D eigenvalue weighted by molar-refractivity contribution is 5.61. The van der Waals surface area contributed by atoms with Crippen molar-refractivity contribution in [2.24, 2.45) is 17.3 Å². The maximum Gasteiger partial charge on any atom is 0.138 e. The number of aryl methyl sites for hydroxylation is 1. The summed E-state index contributed by atoms with van der Waals surface area (Å²) in [5, 5.41) is 8.98. The van der Waals surface area contributed by atoms with Gasteiger partial charge in [0.05, 0.1) is 25.7 Å². The van der Waals surface area contributed by atoms with Crippen LogP contribution in [0.1, 0.15) is 66.3 Å². The summed E-state index contributed by atoms with van der Waals surface area (Å²) in [5.41, 5.74) is 6.58. The van der Waals surface area contributed by atoms with Crippen molar-refractivity contribution >= 4 is 0 Å². The van der Waals surface area contributed by atoms with Crippen LogP contribution < -0.4 is 4.74 Å². The van der Waals surface area contributed by atoms with E-state index in [9.17, 15) is 0 Å². The van der Waals surface area contributed by atoms with Gasteiger partial charge in [0.2, 0.25) is 0 Å². The van der Waals surface area contributed by atoms with Crippen molar-refractivity contribution in [3.63, 3.8) is 0 Å². The fourth-order valence-corrected chi connectivity index (χ4v) is 10.1. The summed E-state index contributed by atoms with van der Waals surface area (Å²) in [6, 6.07) is 15.8. The molecule has 0 N–H and O–H groups in total. The van der Waals surface area contributed by atoms with Crippen LogP contribution in [0, 0.1) is 35.5 Å². The molecule has 5 fully saturated rings. The predicted molar refractivity (Wildman–Crippen MR) is 149 cm³/mol. The topological polar surface area (TPSA) is 54.7 Å². The highest BCUT2D eigenvalue weighted by atomic mass is 16.6. The molecule has 4 saturated carbocycles. The molecule has 0 aromatic heterocycles. The van der Waals surface area contributed by atoms with Gasteiger partial charge in [-0.25, -0.2) is 0 Å². The number of nitrogens with zero attached hydrogens (tertiary/aromatic N) is 2. The number of likely N-dealkylation sites (tertiary alicyclic amines) is 1. The number of nitriles is 1. The number of rotatable bonds is 8. The van der Waals surface area contributed by atoms with Gasteiger partial charge < -0.3 is 14.2 Å². The molecule has 4 bridgehead atoms. The van der Waals surface area contributed by atoms with Crippen molar-refractivity contribution < 1.29 is 14.2 Å². The molecule has 204 valence electrons. The highest BCUT2D eigenvalue weighted by Gasteiger charge is 2.80. The van der Waals surface area contributed by atoms with Crippen LogP contribution in [-0.4, -0.2) is 49.5 Å². The maximum atomic E-state index is 8.98. The molecule has 9 rings (SSSR count). The van der Waals surface area contributed by atoms with E-state index in [1.165, 1.54) is 56.5 Å². The maximum absolute atomic E-state index is 8.98. The predicted octanol–water partition coefficient (Wildman–Crippen LogP) is 5.50. The fraction of sp³-hybridized carbons (Fsp3) is 0.618. The summed E-state index contributed by atoms with van der Waals surface area (Å²) in [7, 11) is 1.93. The first-order chi connectivity index (χ1) is 19.0. The minimum atomic E-state index is -0.318. The molecule has 2 heterocycles. The first-order valence-corrected chi connectivity index (χ1v) is 15.2. The molecule has 2 aromatic rings. The normalized spacial score (nSPS) is 37.3. The zero-order valence-electron chi connectivity index (χ0n) is 23.4. The van der Waals surface area contributed by atoms with Crippen LogP contribution in [0.25, 0.3) is 0 Å². The van der Waals surface area contributed by atoms with Crippen LogP contribution in [0.5, 0.6) is 5.75 Å². The molecule has 39 heavy (non-hydrogen) atoms. The van der Waals surface area contributed by atoms with Crippen molar-refractivity contribution in [2.45, 2.75) is 88.1 Å². The van der Waals surface area contributed by atoms with E-state index >= 15 is 0 Å². The van der Waals surface area contributed by atoms with Crippen molar-refractivity contribution in [3.8, 4) is 11.8 Å². The third kappa shape index (κ3) is 3.17. The number of piperidine rings is 1. The minimum Gasteiger partial charge on any atom is -0.486 e. The van der Waals surface area contributed by atoms with Gasteiger partial charge in [-0.1, -0.05) is 36.4 Å². The Morgan fingerprint density at radius 1 is 1.08 bits per heavy atom. The summed E-state index contributed by atoms with van der Waals surface area (Å²) in [6.45, 7) is 5.99. The Morgan fingerprint density at radius 2 is 1.90 bits per heavy atom. The van der Waals surface area contributed by atoms with Crippen molar-refractivity contribution in [1.29, 1.82) is 5.26 Å². The standard InChI is InChI=1S/C34H40N2O3/c1-22-3-10-26-17-28-32-12-13-34(37-2,27(18-32)21-38-20-25-8-4-23(5-9-25)11-15-35)31-33(32,29(26)30(22)39-31)14-16-36(28)19-24-6-7-24/h3-5,8-10,24,27-28,31H,6-7,11-14,16-21H2,1-2H3/t27-,28-,31-,32?,33+,34?/m1/s1. The monoisotopic (exact) mass is 524 g/mol. The molecular weight excluding hydrogens is 484 g/mol. The lowest BCUT2D eigenvalue weighted by Gasteiger charge is -2.74. The third-order valence-electron chi connectivity index (χ3n) is 11.9. The Kier molecular flexibility index (Phi) is 5.35. The van der Waals surface area contributed by atoms with Crippen molar-refractivity contribution in [3.05, 3.63) is 64.2 Å². The van der Waals surface area contributed by atoms with Crippen LogP contribution in [0.3, 0.4) is 0 Å². The van der Waals surface area contributed by atoms with E-state index in [2.05, 4.69) is 42.2 Å². The second-order valence-electron chi connectivity index (χ2n) is 13.5. The van der Waals surface area contributed by atoms with Gasteiger partial charge in [-0.2, -0.15) is 5.26 Å². The van der Waals surface area contributed by atoms with Gasteiger partial charge in [-0.3, -0.25) is 4.90 Å². The number of hydrogen-bond donors (Lipinski definition) is 0.